The molecule has 0 aliphatic heterocycles. The number of hydrogen-bond acceptors (Lipinski definition) is 3. The first kappa shape index (κ1) is 17.6. The maximum atomic E-state index is 12.3. The Bertz CT molecular complexity index is 567. The molecule has 2 atom stereocenters. The van der Waals surface area contributed by atoms with E-state index in [4.69, 9.17) is 0 Å². The van der Waals surface area contributed by atoms with Gasteiger partial charge in [0, 0.05) is 4.90 Å². The summed E-state index contributed by atoms with van der Waals surface area (Å²) in [6.07, 6.45) is 0. The van der Waals surface area contributed by atoms with E-state index in [-0.39, 0.29) is 23.4 Å². The van der Waals surface area contributed by atoms with E-state index in [0.29, 0.717) is 4.90 Å². The number of rotatable bonds is 6. The molecule has 0 aliphatic carbocycles. The van der Waals surface area contributed by atoms with Crippen LogP contribution in [0.1, 0.15) is 31.9 Å². The number of aryl methyl sites for hydroxylation is 2. The van der Waals surface area contributed by atoms with Crippen molar-refractivity contribution < 1.29 is 13.8 Å². The number of carbonyl (C=O) groups is 2. The van der Waals surface area contributed by atoms with Crippen molar-refractivity contribution in [3.05, 3.63) is 29.3 Å². The number of carbonyl (C=O) groups excluding carboxylic acids is 2. The molecule has 5 heteroatoms. The van der Waals surface area contributed by atoms with Crippen LogP contribution < -0.4 is 5.32 Å². The van der Waals surface area contributed by atoms with E-state index in [9.17, 15) is 13.8 Å². The molecule has 0 aliphatic rings. The second kappa shape index (κ2) is 7.50. The summed E-state index contributed by atoms with van der Waals surface area (Å²) in [6.45, 7) is 8.98. The van der Waals surface area contributed by atoms with E-state index in [1.54, 1.807) is 0 Å². The fraction of sp³-hybridized carbons (Fsp3) is 0.500. The molecule has 0 saturated carbocycles. The van der Waals surface area contributed by atoms with Gasteiger partial charge in [-0.1, -0.05) is 26.0 Å². The van der Waals surface area contributed by atoms with Crippen LogP contribution in [-0.4, -0.2) is 27.7 Å². The lowest BCUT2D eigenvalue weighted by atomic mass is 10.0. The minimum atomic E-state index is -1.40. The van der Waals surface area contributed by atoms with Crippen LogP contribution in [0.25, 0.3) is 0 Å². The Morgan fingerprint density at radius 3 is 2.38 bits per heavy atom. The Kier molecular flexibility index (Phi) is 6.27. The Morgan fingerprint density at radius 1 is 1.24 bits per heavy atom. The van der Waals surface area contributed by atoms with Gasteiger partial charge in [-0.3, -0.25) is 13.8 Å². The van der Waals surface area contributed by atoms with E-state index in [2.05, 4.69) is 5.32 Å². The van der Waals surface area contributed by atoms with E-state index >= 15 is 0 Å². The van der Waals surface area contributed by atoms with Crippen molar-refractivity contribution in [3.63, 3.8) is 0 Å². The fourth-order valence-electron chi connectivity index (χ4n) is 2.10. The molecule has 0 aromatic heterocycles. The summed E-state index contributed by atoms with van der Waals surface area (Å²) in [7, 11) is -1.40. The highest BCUT2D eigenvalue weighted by atomic mass is 32.2. The predicted octanol–water partition coefficient (Wildman–Crippen LogP) is 2.14. The van der Waals surface area contributed by atoms with Gasteiger partial charge in [-0.2, -0.15) is 0 Å². The summed E-state index contributed by atoms with van der Waals surface area (Å²) in [5, 5.41) is 2.67. The molecule has 0 fully saturated rings. The second-order valence-corrected chi connectivity index (χ2v) is 7.08. The van der Waals surface area contributed by atoms with E-state index in [1.807, 2.05) is 45.9 Å². The molecule has 1 aromatic carbocycles. The molecule has 4 nitrogen and oxygen atoms in total. The van der Waals surface area contributed by atoms with Crippen LogP contribution in [0.4, 0.5) is 0 Å². The van der Waals surface area contributed by atoms with Crippen molar-refractivity contribution >= 4 is 22.5 Å². The van der Waals surface area contributed by atoms with Gasteiger partial charge in [0.1, 0.15) is 5.75 Å². The largest absolute Gasteiger partial charge is 0.345 e. The minimum absolute atomic E-state index is 0.0144. The first-order valence-electron chi connectivity index (χ1n) is 6.97. The predicted molar refractivity (Wildman–Crippen MR) is 84.6 cm³/mol. The molecule has 0 spiro atoms. The number of nitrogens with one attached hydrogen (secondary N) is 1. The highest BCUT2D eigenvalue weighted by Gasteiger charge is 2.22. The van der Waals surface area contributed by atoms with Gasteiger partial charge in [-0.05, 0) is 43.9 Å². The van der Waals surface area contributed by atoms with Crippen LogP contribution in [0.15, 0.2) is 23.1 Å². The standard InChI is InChI=1S/C16H23NO3S/c1-10(2)16(13(5)18)17-15(19)9-21(20)14-8-11(3)6-7-12(14)4/h6-8,10,16H,9H2,1-5H3,(H,17,19). The number of amides is 1. The lowest BCUT2D eigenvalue weighted by Gasteiger charge is -2.19. The molecule has 21 heavy (non-hydrogen) atoms. The maximum absolute atomic E-state index is 12.3. The van der Waals surface area contributed by atoms with E-state index in [0.717, 1.165) is 11.1 Å². The third-order valence-corrected chi connectivity index (χ3v) is 4.73. The molecule has 0 saturated heterocycles. The van der Waals surface area contributed by atoms with Gasteiger partial charge in [-0.15, -0.1) is 0 Å². The average Bonchev–Trinajstić information content (AvgIpc) is 2.37. The SMILES string of the molecule is CC(=O)C(NC(=O)CS(=O)c1cc(C)ccc1C)C(C)C. The van der Waals surface area contributed by atoms with Crippen molar-refractivity contribution in [1.29, 1.82) is 0 Å². The summed E-state index contributed by atoms with van der Waals surface area (Å²) in [4.78, 5) is 24.1. The zero-order valence-corrected chi connectivity index (χ0v) is 14.0. The van der Waals surface area contributed by atoms with Gasteiger partial charge < -0.3 is 5.32 Å². The summed E-state index contributed by atoms with van der Waals surface area (Å²) >= 11 is 0. The summed E-state index contributed by atoms with van der Waals surface area (Å²) in [5.41, 5.74) is 1.91. The fourth-order valence-corrected chi connectivity index (χ4v) is 3.32. The molecule has 1 N–H and O–H groups in total. The van der Waals surface area contributed by atoms with Crippen LogP contribution in [0.5, 0.6) is 0 Å². The first-order valence-corrected chi connectivity index (χ1v) is 8.29. The highest BCUT2D eigenvalue weighted by molar-refractivity contribution is 7.85. The topological polar surface area (TPSA) is 63.2 Å². The zero-order chi connectivity index (χ0) is 16.2. The molecule has 116 valence electrons. The maximum Gasteiger partial charge on any atom is 0.233 e. The van der Waals surface area contributed by atoms with E-state index in [1.165, 1.54) is 6.92 Å². The zero-order valence-electron chi connectivity index (χ0n) is 13.2. The van der Waals surface area contributed by atoms with Crippen LogP contribution >= 0.6 is 0 Å². The van der Waals surface area contributed by atoms with Gasteiger partial charge in [0.15, 0.2) is 5.78 Å². The first-order chi connectivity index (χ1) is 9.72. The molecule has 1 aromatic rings. The van der Waals surface area contributed by atoms with Crippen molar-refractivity contribution in [2.45, 2.75) is 45.6 Å². The number of hydrogen-bond donors (Lipinski definition) is 1. The van der Waals surface area contributed by atoms with Crippen molar-refractivity contribution in [1.82, 2.24) is 5.32 Å². The summed E-state index contributed by atoms with van der Waals surface area (Å²) in [5.74, 6) is -0.555. The van der Waals surface area contributed by atoms with Crippen LogP contribution in [0.3, 0.4) is 0 Å². The van der Waals surface area contributed by atoms with Gasteiger partial charge in [0.05, 0.1) is 16.8 Å². The monoisotopic (exact) mass is 309 g/mol. The van der Waals surface area contributed by atoms with Crippen molar-refractivity contribution in [2.75, 3.05) is 5.75 Å². The molecule has 2 unspecified atom stereocenters. The second-order valence-electron chi connectivity index (χ2n) is 5.66. The Balaban J connectivity index is 2.76. The Labute approximate surface area is 128 Å². The van der Waals surface area contributed by atoms with E-state index < -0.39 is 16.8 Å². The molecular formula is C16H23NO3S. The van der Waals surface area contributed by atoms with Gasteiger partial charge >= 0.3 is 0 Å². The lowest BCUT2D eigenvalue weighted by molar-refractivity contribution is -0.126. The Morgan fingerprint density at radius 2 is 1.86 bits per heavy atom. The molecule has 0 heterocycles. The van der Waals surface area contributed by atoms with Crippen LogP contribution in [-0.2, 0) is 20.4 Å². The molecule has 0 radical (unpaired) electrons. The molecule has 1 amide bonds. The molecular weight excluding hydrogens is 286 g/mol. The van der Waals surface area contributed by atoms with Crippen LogP contribution in [0.2, 0.25) is 0 Å². The van der Waals surface area contributed by atoms with Gasteiger partial charge in [-0.25, -0.2) is 0 Å². The van der Waals surface area contributed by atoms with Gasteiger partial charge in [0.25, 0.3) is 0 Å². The average molecular weight is 309 g/mol. The summed E-state index contributed by atoms with van der Waals surface area (Å²) in [6, 6.07) is 5.16. The number of Topliss-reactive ketones (excluding diaryl/α,β-unsaturated/α-hetero) is 1. The van der Waals surface area contributed by atoms with Gasteiger partial charge in [0.2, 0.25) is 5.91 Å². The normalized spacial score (nSPS) is 13.8. The summed E-state index contributed by atoms with van der Waals surface area (Å²) < 4.78 is 12.3. The Hall–Kier alpha value is -1.49. The molecule has 1 rings (SSSR count). The lowest BCUT2D eigenvalue weighted by Crippen LogP contribution is -2.45. The molecule has 0 bridgehead atoms. The minimum Gasteiger partial charge on any atom is -0.345 e. The van der Waals surface area contributed by atoms with Crippen LogP contribution in [0, 0.1) is 19.8 Å². The highest BCUT2D eigenvalue weighted by Crippen LogP contribution is 2.15. The smallest absolute Gasteiger partial charge is 0.233 e. The third kappa shape index (κ3) is 5.08. The van der Waals surface area contributed by atoms with Crippen molar-refractivity contribution in [3.8, 4) is 0 Å². The number of ketones is 1. The number of benzene rings is 1. The quantitative estimate of drug-likeness (QED) is 0.875. The van der Waals surface area contributed by atoms with Crippen molar-refractivity contribution in [2.24, 2.45) is 5.92 Å². The third-order valence-electron chi connectivity index (χ3n) is 3.27.